The molecular weight excluding hydrogens is 304 g/mol. The maximum Gasteiger partial charge on any atom is 0.146 e. The number of hydrogen-bond donors (Lipinski definition) is 1. The van der Waals surface area contributed by atoms with E-state index >= 15 is 0 Å². The van der Waals surface area contributed by atoms with Gasteiger partial charge in [-0.1, -0.05) is 30.3 Å². The molecule has 0 heterocycles. The van der Waals surface area contributed by atoms with Gasteiger partial charge in [-0.25, -0.2) is 0 Å². The van der Waals surface area contributed by atoms with Crippen molar-refractivity contribution in [3.8, 4) is 6.07 Å². The van der Waals surface area contributed by atoms with Crippen LogP contribution in [0.15, 0.2) is 53.0 Å². The first kappa shape index (κ1) is 13.3. The Labute approximate surface area is 120 Å². The Kier molecular flexibility index (Phi) is 4.32. The summed E-state index contributed by atoms with van der Waals surface area (Å²) >= 11 is 3.32. The summed E-state index contributed by atoms with van der Waals surface area (Å²) in [4.78, 5) is 11.2. The van der Waals surface area contributed by atoms with Crippen LogP contribution in [0.1, 0.15) is 17.2 Å². The molecular formula is C15H11BrN2O. The number of carbonyl (C=O) groups is 1. The van der Waals surface area contributed by atoms with Crippen molar-refractivity contribution < 1.29 is 4.79 Å². The van der Waals surface area contributed by atoms with E-state index in [1.165, 1.54) is 0 Å². The molecule has 2 aromatic rings. The number of nitrogens with one attached hydrogen (secondary N) is 1. The maximum absolute atomic E-state index is 11.2. The second-order valence-electron chi connectivity index (χ2n) is 3.98. The Bertz CT molecular complexity index is 620. The summed E-state index contributed by atoms with van der Waals surface area (Å²) in [6.45, 7) is 0. The van der Waals surface area contributed by atoms with Gasteiger partial charge in [-0.3, -0.25) is 0 Å². The summed E-state index contributed by atoms with van der Waals surface area (Å²) in [5.41, 5.74) is 2.25. The van der Waals surface area contributed by atoms with Crippen molar-refractivity contribution in [2.75, 3.05) is 5.32 Å². The fraction of sp³-hybridized carbons (Fsp3) is 0.0667. The van der Waals surface area contributed by atoms with E-state index < -0.39 is 6.04 Å². The van der Waals surface area contributed by atoms with Crippen LogP contribution in [0.4, 0.5) is 5.69 Å². The van der Waals surface area contributed by atoms with E-state index in [1.807, 2.05) is 30.3 Å². The van der Waals surface area contributed by atoms with Crippen LogP contribution < -0.4 is 5.32 Å². The van der Waals surface area contributed by atoms with Crippen molar-refractivity contribution in [3.05, 3.63) is 64.1 Å². The molecule has 0 saturated carbocycles. The number of nitriles is 1. The van der Waals surface area contributed by atoms with E-state index in [2.05, 4.69) is 27.3 Å². The van der Waals surface area contributed by atoms with Crippen LogP contribution in [0, 0.1) is 11.3 Å². The molecule has 0 aliphatic rings. The molecule has 0 saturated heterocycles. The highest BCUT2D eigenvalue weighted by molar-refractivity contribution is 9.10. The van der Waals surface area contributed by atoms with Crippen LogP contribution in [0.5, 0.6) is 0 Å². The molecule has 1 atom stereocenters. The van der Waals surface area contributed by atoms with E-state index in [1.54, 1.807) is 18.2 Å². The van der Waals surface area contributed by atoms with E-state index in [4.69, 9.17) is 5.26 Å². The van der Waals surface area contributed by atoms with Crippen LogP contribution in [0.2, 0.25) is 0 Å². The molecule has 0 aliphatic carbocycles. The molecule has 0 amide bonds. The number of aldehydes is 1. The Balaban J connectivity index is 2.22. The van der Waals surface area contributed by atoms with Gasteiger partial charge in [0.15, 0.2) is 0 Å². The topological polar surface area (TPSA) is 52.9 Å². The first-order chi connectivity index (χ1) is 9.24. The van der Waals surface area contributed by atoms with Crippen LogP contribution in [0.3, 0.4) is 0 Å². The Hall–Kier alpha value is -2.12. The molecule has 0 radical (unpaired) electrons. The van der Waals surface area contributed by atoms with Gasteiger partial charge in [0.25, 0.3) is 0 Å². The highest BCUT2D eigenvalue weighted by atomic mass is 79.9. The van der Waals surface area contributed by atoms with Crippen LogP contribution >= 0.6 is 15.9 Å². The molecule has 0 aliphatic heterocycles. The second kappa shape index (κ2) is 6.17. The Morgan fingerprint density at radius 3 is 2.53 bits per heavy atom. The summed E-state index contributed by atoms with van der Waals surface area (Å²) in [7, 11) is 0. The van der Waals surface area contributed by atoms with Gasteiger partial charge in [-0.2, -0.15) is 5.26 Å². The molecule has 1 N–H and O–H groups in total. The van der Waals surface area contributed by atoms with Gasteiger partial charge in [0.2, 0.25) is 0 Å². The number of hydrogen-bond acceptors (Lipinski definition) is 3. The van der Waals surface area contributed by atoms with Gasteiger partial charge < -0.3 is 10.1 Å². The molecule has 3 nitrogen and oxygen atoms in total. The Morgan fingerprint density at radius 1 is 1.21 bits per heavy atom. The van der Waals surface area contributed by atoms with Crippen LogP contribution in [0.25, 0.3) is 0 Å². The minimum atomic E-state index is -0.402. The highest BCUT2D eigenvalue weighted by Gasteiger charge is 2.10. The minimum Gasteiger partial charge on any atom is -0.372 e. The summed E-state index contributed by atoms with van der Waals surface area (Å²) in [6.07, 6.45) is 0.863. The SMILES string of the molecule is N#Cc1ccc(N[C@@H](C=O)c2ccccc2)cc1Br. The van der Waals surface area contributed by atoms with Crippen molar-refractivity contribution in [2.45, 2.75) is 6.04 Å². The zero-order valence-corrected chi connectivity index (χ0v) is 11.6. The third-order valence-electron chi connectivity index (χ3n) is 2.71. The molecule has 0 unspecified atom stereocenters. The lowest BCUT2D eigenvalue weighted by molar-refractivity contribution is -0.108. The van der Waals surface area contributed by atoms with E-state index in [9.17, 15) is 4.79 Å². The average molecular weight is 315 g/mol. The lowest BCUT2D eigenvalue weighted by atomic mass is 10.1. The lowest BCUT2D eigenvalue weighted by Crippen LogP contribution is -2.11. The van der Waals surface area contributed by atoms with Crippen molar-refractivity contribution in [1.82, 2.24) is 0 Å². The molecule has 2 aromatic carbocycles. The Morgan fingerprint density at radius 2 is 1.95 bits per heavy atom. The van der Waals surface area contributed by atoms with E-state index in [-0.39, 0.29) is 0 Å². The van der Waals surface area contributed by atoms with Gasteiger partial charge in [-0.05, 0) is 39.7 Å². The van der Waals surface area contributed by atoms with Crippen molar-refractivity contribution in [3.63, 3.8) is 0 Å². The lowest BCUT2D eigenvalue weighted by Gasteiger charge is -2.14. The number of benzene rings is 2. The van der Waals surface area contributed by atoms with Crippen molar-refractivity contribution >= 4 is 27.9 Å². The standard InChI is InChI=1S/C15H11BrN2O/c16-14-8-13(7-6-12(14)9-17)18-15(10-19)11-4-2-1-3-5-11/h1-8,10,15,18H/t15-/m0/s1. The van der Waals surface area contributed by atoms with Gasteiger partial charge in [-0.15, -0.1) is 0 Å². The van der Waals surface area contributed by atoms with E-state index in [0.717, 1.165) is 17.5 Å². The van der Waals surface area contributed by atoms with Crippen LogP contribution in [-0.4, -0.2) is 6.29 Å². The number of anilines is 1. The predicted molar refractivity (Wildman–Crippen MR) is 77.7 cm³/mol. The minimum absolute atomic E-state index is 0.402. The number of rotatable bonds is 4. The molecule has 94 valence electrons. The zero-order valence-electron chi connectivity index (χ0n) is 10.0. The van der Waals surface area contributed by atoms with Gasteiger partial charge in [0.05, 0.1) is 5.56 Å². The summed E-state index contributed by atoms with van der Waals surface area (Å²) in [6, 6.07) is 16.4. The molecule has 0 spiro atoms. The molecule has 19 heavy (non-hydrogen) atoms. The largest absolute Gasteiger partial charge is 0.372 e. The van der Waals surface area contributed by atoms with E-state index in [0.29, 0.717) is 10.0 Å². The van der Waals surface area contributed by atoms with Gasteiger partial charge >= 0.3 is 0 Å². The summed E-state index contributed by atoms with van der Waals surface area (Å²) in [5.74, 6) is 0. The molecule has 2 rings (SSSR count). The molecule has 0 bridgehead atoms. The molecule has 0 aromatic heterocycles. The fourth-order valence-electron chi connectivity index (χ4n) is 1.73. The monoisotopic (exact) mass is 314 g/mol. The molecule has 4 heteroatoms. The third kappa shape index (κ3) is 3.21. The summed E-state index contributed by atoms with van der Waals surface area (Å²) in [5, 5.41) is 12.0. The smallest absolute Gasteiger partial charge is 0.146 e. The van der Waals surface area contributed by atoms with Gasteiger partial charge in [0, 0.05) is 10.2 Å². The maximum atomic E-state index is 11.2. The molecule has 0 fully saturated rings. The third-order valence-corrected chi connectivity index (χ3v) is 3.36. The number of nitrogens with zero attached hydrogens (tertiary/aromatic N) is 1. The quantitative estimate of drug-likeness (QED) is 0.876. The number of carbonyl (C=O) groups excluding carboxylic acids is 1. The average Bonchev–Trinajstić information content (AvgIpc) is 2.46. The van der Waals surface area contributed by atoms with Crippen LogP contribution in [-0.2, 0) is 4.79 Å². The number of halogens is 1. The predicted octanol–water partition coefficient (Wildman–Crippen LogP) is 3.67. The summed E-state index contributed by atoms with van der Waals surface area (Å²) < 4.78 is 0.706. The van der Waals surface area contributed by atoms with Gasteiger partial charge in [0.1, 0.15) is 18.4 Å². The first-order valence-electron chi connectivity index (χ1n) is 5.71. The fourth-order valence-corrected chi connectivity index (χ4v) is 2.20. The zero-order chi connectivity index (χ0) is 13.7. The van der Waals surface area contributed by atoms with Crippen molar-refractivity contribution in [1.29, 1.82) is 5.26 Å². The highest BCUT2D eigenvalue weighted by Crippen LogP contribution is 2.24. The normalized spacial score (nSPS) is 11.4. The second-order valence-corrected chi connectivity index (χ2v) is 4.83. The first-order valence-corrected chi connectivity index (χ1v) is 6.50. The van der Waals surface area contributed by atoms with Crippen molar-refractivity contribution in [2.24, 2.45) is 0 Å².